The summed E-state index contributed by atoms with van der Waals surface area (Å²) in [6, 6.07) is 1.33. The van der Waals surface area contributed by atoms with Crippen molar-refractivity contribution in [3.05, 3.63) is 17.5 Å². The molecule has 0 aromatic carbocycles. The van der Waals surface area contributed by atoms with E-state index in [9.17, 15) is 27.6 Å². The lowest BCUT2D eigenvalue weighted by atomic mass is 9.85. The van der Waals surface area contributed by atoms with Crippen LogP contribution in [0.15, 0.2) is 17.5 Å². The topological polar surface area (TPSA) is 192 Å². The van der Waals surface area contributed by atoms with Gasteiger partial charge in [0.1, 0.15) is 35.6 Å². The number of carbonyl (C=O) groups is 4. The summed E-state index contributed by atoms with van der Waals surface area (Å²) in [5, 5.41) is 7.48. The maximum absolute atomic E-state index is 14.5. The van der Waals surface area contributed by atoms with E-state index in [1.165, 1.54) is 16.2 Å². The van der Waals surface area contributed by atoms with Crippen LogP contribution in [0.1, 0.15) is 92.4 Å². The second-order valence-corrected chi connectivity index (χ2v) is 17.4. The smallest absolute Gasteiger partial charge is 0.408 e. The molecule has 4 amide bonds. The van der Waals surface area contributed by atoms with Crippen molar-refractivity contribution in [2.24, 2.45) is 11.3 Å². The molecule has 17 heteroatoms. The Morgan fingerprint density at radius 2 is 1.81 bits per heavy atom. The van der Waals surface area contributed by atoms with E-state index in [4.69, 9.17) is 18.4 Å². The predicted molar refractivity (Wildman–Crippen MR) is 191 cm³/mol. The Labute approximate surface area is 308 Å². The minimum absolute atomic E-state index is 0.0119. The number of pyridine rings is 1. The number of rotatable bonds is 14. The number of alkyl carbamates (subject to hydrolysis) is 1. The number of likely N-dealkylation sites (tertiary alicyclic amines) is 1. The zero-order valence-electron chi connectivity index (χ0n) is 30.3. The highest BCUT2D eigenvalue weighted by Crippen LogP contribution is 2.47. The van der Waals surface area contributed by atoms with Crippen LogP contribution in [0, 0.1) is 11.3 Å². The molecule has 3 N–H and O–H groups in total. The standard InChI is InChI=1S/C35H49N5O10S2/c1-6-20-18-35(20,32(43)39-52(45,46)50-22-12-13-22)38-30(41)25-16-23(48-26-17-27(47-7-2)36-24-14-15-51-28(24)26)19-40(25)31(42)29(34(3,4)5)37-33(44)49-21-10-8-9-11-21/h14-15,17,20-23,25,29H,6-13,16,18-19H2,1-5H3,(H,37,44)(H,38,41)(H,39,43)/t20-,23-,25+,29-,35-/m1/s1. The largest absolute Gasteiger partial charge is 0.487 e. The van der Waals surface area contributed by atoms with E-state index in [0.29, 0.717) is 43.0 Å². The average Bonchev–Trinajstić information content (AvgIpc) is 3.75. The average molecular weight is 764 g/mol. The molecule has 2 aromatic rings. The summed E-state index contributed by atoms with van der Waals surface area (Å²) in [6.07, 6.45) is 3.30. The quantitative estimate of drug-likeness (QED) is 0.253. The van der Waals surface area contributed by atoms with Gasteiger partial charge in [0.15, 0.2) is 0 Å². The van der Waals surface area contributed by atoms with Gasteiger partial charge in [-0.3, -0.25) is 18.6 Å². The molecule has 0 radical (unpaired) electrons. The first kappa shape index (κ1) is 38.0. The Kier molecular flexibility index (Phi) is 11.0. The number of fused-ring (bicyclic) bond motifs is 1. The SMILES string of the molecule is CCOc1cc(O[C@@H]2C[C@@H](C(=O)N[C@]3(C(=O)NS(=O)(=O)OC4CC4)C[C@H]3CC)N(C(=O)[C@@H](NC(=O)OC3CCCC3)C(C)(C)C)C2)c2sccc2n1. The van der Waals surface area contributed by atoms with Crippen LogP contribution in [0.25, 0.3) is 10.2 Å². The molecule has 6 rings (SSSR count). The minimum atomic E-state index is -4.39. The molecule has 1 aliphatic heterocycles. The van der Waals surface area contributed by atoms with Crippen molar-refractivity contribution in [3.63, 3.8) is 0 Å². The van der Waals surface area contributed by atoms with Crippen molar-refractivity contribution < 1.29 is 46.0 Å². The summed E-state index contributed by atoms with van der Waals surface area (Å²) < 4.78 is 50.7. The van der Waals surface area contributed by atoms with Crippen LogP contribution in [-0.2, 0) is 33.6 Å². The Morgan fingerprint density at radius 1 is 1.08 bits per heavy atom. The number of thiophene rings is 1. The summed E-state index contributed by atoms with van der Waals surface area (Å²) in [6.45, 7) is 9.50. The normalized spacial score (nSPS) is 25.4. The second kappa shape index (κ2) is 15.0. The summed E-state index contributed by atoms with van der Waals surface area (Å²) in [5.74, 6) is -1.53. The molecule has 0 unspecified atom stereocenters. The molecule has 3 saturated carbocycles. The number of ether oxygens (including phenoxy) is 3. The van der Waals surface area contributed by atoms with Crippen molar-refractivity contribution in [1.82, 2.24) is 25.2 Å². The van der Waals surface area contributed by atoms with E-state index < -0.39 is 69.4 Å². The van der Waals surface area contributed by atoms with E-state index in [0.717, 1.165) is 30.4 Å². The summed E-state index contributed by atoms with van der Waals surface area (Å²) in [4.78, 5) is 61.3. The highest BCUT2D eigenvalue weighted by atomic mass is 32.2. The number of hydrogen-bond donors (Lipinski definition) is 3. The Bertz CT molecular complexity index is 1790. The summed E-state index contributed by atoms with van der Waals surface area (Å²) in [5.41, 5.74) is -1.61. The highest BCUT2D eigenvalue weighted by Gasteiger charge is 2.62. The van der Waals surface area contributed by atoms with Crippen LogP contribution >= 0.6 is 11.3 Å². The fourth-order valence-corrected chi connectivity index (χ4v) is 8.88. The maximum Gasteiger partial charge on any atom is 0.408 e. The molecule has 5 atom stereocenters. The Hall–Kier alpha value is -3.70. The first-order chi connectivity index (χ1) is 24.6. The molecule has 1 saturated heterocycles. The van der Waals surface area contributed by atoms with Gasteiger partial charge in [-0.05, 0) is 74.6 Å². The molecule has 4 aliphatic rings. The van der Waals surface area contributed by atoms with Crippen molar-refractivity contribution in [1.29, 1.82) is 0 Å². The summed E-state index contributed by atoms with van der Waals surface area (Å²) in [7, 11) is -4.39. The van der Waals surface area contributed by atoms with Gasteiger partial charge in [-0.25, -0.2) is 14.5 Å². The number of hydrogen-bond acceptors (Lipinski definition) is 12. The number of aromatic nitrogens is 1. The van der Waals surface area contributed by atoms with Crippen LogP contribution in [0.3, 0.4) is 0 Å². The van der Waals surface area contributed by atoms with Gasteiger partial charge < -0.3 is 29.7 Å². The van der Waals surface area contributed by atoms with Crippen LogP contribution in [0.4, 0.5) is 4.79 Å². The zero-order chi connectivity index (χ0) is 37.4. The molecule has 15 nitrogen and oxygen atoms in total. The summed E-state index contributed by atoms with van der Waals surface area (Å²) >= 11 is 1.43. The van der Waals surface area contributed by atoms with Gasteiger partial charge in [0.25, 0.3) is 5.91 Å². The van der Waals surface area contributed by atoms with Crippen LogP contribution < -0.4 is 24.8 Å². The first-order valence-electron chi connectivity index (χ1n) is 18.1. The molecular weight excluding hydrogens is 715 g/mol. The molecule has 2 aromatic heterocycles. The molecule has 4 fully saturated rings. The number of carbonyl (C=O) groups excluding carboxylic acids is 4. The van der Waals surface area contributed by atoms with E-state index in [1.807, 2.05) is 50.8 Å². The molecule has 0 bridgehead atoms. The van der Waals surface area contributed by atoms with E-state index >= 15 is 0 Å². The Morgan fingerprint density at radius 3 is 2.44 bits per heavy atom. The lowest BCUT2D eigenvalue weighted by Gasteiger charge is -2.35. The number of nitrogens with one attached hydrogen (secondary N) is 3. The fourth-order valence-electron chi connectivity index (χ4n) is 7.08. The molecular formula is C35H49N5O10S2. The van der Waals surface area contributed by atoms with Gasteiger partial charge >= 0.3 is 16.4 Å². The van der Waals surface area contributed by atoms with Gasteiger partial charge in [-0.15, -0.1) is 11.3 Å². The van der Waals surface area contributed by atoms with Crippen molar-refractivity contribution in [2.75, 3.05) is 13.2 Å². The Balaban J connectivity index is 1.26. The van der Waals surface area contributed by atoms with Crippen LogP contribution in [0.5, 0.6) is 11.6 Å². The van der Waals surface area contributed by atoms with Crippen LogP contribution in [-0.4, -0.2) is 91.2 Å². The molecule has 52 heavy (non-hydrogen) atoms. The monoisotopic (exact) mass is 763 g/mol. The van der Waals surface area contributed by atoms with Crippen molar-refractivity contribution in [2.45, 2.75) is 128 Å². The van der Waals surface area contributed by atoms with Crippen LogP contribution in [0.2, 0.25) is 0 Å². The van der Waals surface area contributed by atoms with Gasteiger partial charge in [0.2, 0.25) is 17.7 Å². The lowest BCUT2D eigenvalue weighted by molar-refractivity contribution is -0.143. The van der Waals surface area contributed by atoms with Crippen molar-refractivity contribution in [3.8, 4) is 11.6 Å². The minimum Gasteiger partial charge on any atom is -0.487 e. The first-order valence-corrected chi connectivity index (χ1v) is 20.4. The lowest BCUT2D eigenvalue weighted by Crippen LogP contribution is -2.60. The predicted octanol–water partition coefficient (Wildman–Crippen LogP) is 3.95. The maximum atomic E-state index is 14.5. The van der Waals surface area contributed by atoms with Gasteiger partial charge in [0, 0.05) is 12.5 Å². The third-order valence-corrected chi connectivity index (χ3v) is 12.0. The molecule has 3 heterocycles. The second-order valence-electron chi connectivity index (χ2n) is 15.2. The molecule has 3 aliphatic carbocycles. The van der Waals surface area contributed by atoms with E-state index in [2.05, 4.69) is 15.6 Å². The van der Waals surface area contributed by atoms with E-state index in [-0.39, 0.29) is 31.4 Å². The van der Waals surface area contributed by atoms with E-state index in [1.54, 1.807) is 6.07 Å². The molecule has 0 spiro atoms. The van der Waals surface area contributed by atoms with Gasteiger partial charge in [0.05, 0.1) is 29.5 Å². The number of amides is 4. The number of nitrogens with zero attached hydrogens (tertiary/aromatic N) is 2. The van der Waals surface area contributed by atoms with Crippen molar-refractivity contribution >= 4 is 55.7 Å². The highest BCUT2D eigenvalue weighted by molar-refractivity contribution is 7.85. The van der Waals surface area contributed by atoms with Gasteiger partial charge in [-0.2, -0.15) is 8.42 Å². The molecule has 286 valence electrons. The fraction of sp³-hybridized carbons (Fsp3) is 0.686. The third kappa shape index (κ3) is 8.57. The third-order valence-electron chi connectivity index (χ3n) is 10.1. The zero-order valence-corrected chi connectivity index (χ0v) is 31.9. The van der Waals surface area contributed by atoms with Gasteiger partial charge in [-0.1, -0.05) is 34.1 Å².